The van der Waals surface area contributed by atoms with Gasteiger partial charge in [0.15, 0.2) is 11.8 Å². The van der Waals surface area contributed by atoms with Gasteiger partial charge in [0.25, 0.3) is 11.8 Å². The molecule has 4 aromatic rings. The van der Waals surface area contributed by atoms with Crippen LogP contribution < -0.4 is 10.1 Å². The lowest BCUT2D eigenvalue weighted by Crippen LogP contribution is -2.28. The molecule has 8 nitrogen and oxygen atoms in total. The summed E-state index contributed by atoms with van der Waals surface area (Å²) in [7, 11) is 0. The quantitative estimate of drug-likeness (QED) is 0.124. The summed E-state index contributed by atoms with van der Waals surface area (Å²) in [6, 6.07) is 18.1. The van der Waals surface area contributed by atoms with Crippen LogP contribution in [0.2, 0.25) is 0 Å². The molecule has 0 bridgehead atoms. The molecular weight excluding hydrogens is 619 g/mol. The Labute approximate surface area is 245 Å². The van der Waals surface area contributed by atoms with Gasteiger partial charge in [0.05, 0.1) is 23.9 Å². The highest BCUT2D eigenvalue weighted by atomic mass is 79.9. The first-order valence-corrected chi connectivity index (χ1v) is 14.3. The van der Waals surface area contributed by atoms with E-state index >= 15 is 0 Å². The van der Waals surface area contributed by atoms with Gasteiger partial charge in [0.2, 0.25) is 0 Å². The molecule has 0 aliphatic carbocycles. The van der Waals surface area contributed by atoms with Gasteiger partial charge in [-0.05, 0) is 83.9 Å². The number of carbonyl (C=O) groups is 2. The molecule has 202 valence electrons. The van der Waals surface area contributed by atoms with Gasteiger partial charge in [0.1, 0.15) is 17.3 Å². The van der Waals surface area contributed by atoms with E-state index in [-0.39, 0.29) is 19.1 Å². The van der Waals surface area contributed by atoms with Crippen LogP contribution >= 0.6 is 39.0 Å². The Morgan fingerprint density at radius 2 is 2.00 bits per heavy atom. The van der Waals surface area contributed by atoms with E-state index in [2.05, 4.69) is 31.4 Å². The topological polar surface area (TPSA) is 96.5 Å². The summed E-state index contributed by atoms with van der Waals surface area (Å²) in [5.41, 5.74) is 1.03. The number of halogens is 2. The molecular formula is C28H20BrFN4O4S2. The smallest absolute Gasteiger partial charge is 0.267 e. The molecule has 0 atom stereocenters. The summed E-state index contributed by atoms with van der Waals surface area (Å²) in [5, 5.41) is 13.5. The average Bonchev–Trinajstić information content (AvgIpc) is 3.70. The number of ether oxygens (including phenoxy) is 1. The number of thiophene rings is 1. The number of amides is 2. The van der Waals surface area contributed by atoms with Crippen molar-refractivity contribution in [1.29, 1.82) is 0 Å². The number of nitrogens with one attached hydrogen (secondary N) is 1. The second-order valence-corrected chi connectivity index (χ2v) is 11.2. The summed E-state index contributed by atoms with van der Waals surface area (Å²) >= 11 is 6.16. The number of carbonyl (C=O) groups excluding carboxylic acids is 2. The summed E-state index contributed by atoms with van der Waals surface area (Å²) in [4.78, 5) is 28.7. The fraction of sp³-hybridized carbons (Fsp3) is 0.0714. The van der Waals surface area contributed by atoms with Crippen LogP contribution in [-0.4, -0.2) is 34.7 Å². The molecule has 5 rings (SSSR count). The van der Waals surface area contributed by atoms with Crippen LogP contribution in [0.25, 0.3) is 6.08 Å². The second-order valence-electron chi connectivity index (χ2n) is 8.25. The zero-order chi connectivity index (χ0) is 27.9. The lowest BCUT2D eigenvalue weighted by atomic mass is 10.2. The SMILES string of the molecule is O=C(COc1ccc(Br)cc1/C=C1\S/C(=N/N=C\c2cccs2)N(Cc2ccco2)C1=O)Nc1ccc(F)cc1. The lowest BCUT2D eigenvalue weighted by Gasteiger charge is -2.13. The Morgan fingerprint density at radius 3 is 2.75 bits per heavy atom. The van der Waals surface area contributed by atoms with Crippen LogP contribution in [0.1, 0.15) is 16.2 Å². The van der Waals surface area contributed by atoms with Crippen LogP contribution in [-0.2, 0) is 16.1 Å². The molecule has 1 N–H and O–H groups in total. The molecule has 0 spiro atoms. The summed E-state index contributed by atoms with van der Waals surface area (Å²) in [6.45, 7) is -0.0973. The van der Waals surface area contributed by atoms with E-state index in [1.165, 1.54) is 52.3 Å². The number of anilines is 1. The van der Waals surface area contributed by atoms with Gasteiger partial charge in [-0.15, -0.1) is 16.4 Å². The highest BCUT2D eigenvalue weighted by molar-refractivity contribution is 9.10. The highest BCUT2D eigenvalue weighted by Crippen LogP contribution is 2.36. The van der Waals surface area contributed by atoms with Crippen molar-refractivity contribution in [1.82, 2.24) is 4.90 Å². The van der Waals surface area contributed by atoms with E-state index in [1.54, 1.807) is 48.9 Å². The molecule has 12 heteroatoms. The lowest BCUT2D eigenvalue weighted by molar-refractivity contribution is -0.122. The van der Waals surface area contributed by atoms with Crippen LogP contribution in [0.4, 0.5) is 10.1 Å². The number of benzene rings is 2. The van der Waals surface area contributed by atoms with Crippen LogP contribution in [0.3, 0.4) is 0 Å². The van der Waals surface area contributed by atoms with Gasteiger partial charge < -0.3 is 14.5 Å². The van der Waals surface area contributed by atoms with Crippen LogP contribution in [0.5, 0.6) is 5.75 Å². The molecule has 0 saturated carbocycles. The van der Waals surface area contributed by atoms with Crippen LogP contribution in [0, 0.1) is 5.82 Å². The van der Waals surface area contributed by atoms with Crippen molar-refractivity contribution < 1.29 is 23.1 Å². The van der Waals surface area contributed by atoms with Crippen molar-refractivity contribution >= 4 is 74.0 Å². The molecule has 1 aliphatic rings. The molecule has 1 fully saturated rings. The van der Waals surface area contributed by atoms with E-state index in [4.69, 9.17) is 9.15 Å². The largest absolute Gasteiger partial charge is 0.483 e. The zero-order valence-electron chi connectivity index (χ0n) is 20.6. The third kappa shape index (κ3) is 7.14. The molecule has 2 aromatic carbocycles. The van der Waals surface area contributed by atoms with Crippen LogP contribution in [0.15, 0.2) is 102 Å². The predicted molar refractivity (Wildman–Crippen MR) is 159 cm³/mol. The van der Waals surface area contributed by atoms with E-state index in [1.807, 2.05) is 17.5 Å². The minimum atomic E-state index is -0.415. The minimum Gasteiger partial charge on any atom is -0.483 e. The van der Waals surface area contributed by atoms with E-state index in [0.717, 1.165) is 9.35 Å². The maximum atomic E-state index is 13.4. The molecule has 0 radical (unpaired) electrons. The first-order valence-electron chi connectivity index (χ1n) is 11.8. The van der Waals surface area contributed by atoms with Crippen molar-refractivity contribution in [3.8, 4) is 5.75 Å². The first-order chi connectivity index (χ1) is 19.4. The average molecular weight is 640 g/mol. The van der Waals surface area contributed by atoms with Crippen molar-refractivity contribution in [3.05, 3.63) is 110 Å². The van der Waals surface area contributed by atoms with E-state index in [0.29, 0.717) is 32.8 Å². The monoisotopic (exact) mass is 638 g/mol. The maximum absolute atomic E-state index is 13.4. The molecule has 1 saturated heterocycles. The number of hydrogen-bond acceptors (Lipinski definition) is 8. The Kier molecular flexibility index (Phi) is 8.89. The molecule has 1 aliphatic heterocycles. The third-order valence-electron chi connectivity index (χ3n) is 5.40. The van der Waals surface area contributed by atoms with E-state index < -0.39 is 11.7 Å². The number of hydrogen-bond donors (Lipinski definition) is 1. The maximum Gasteiger partial charge on any atom is 0.267 e. The van der Waals surface area contributed by atoms with Gasteiger partial charge >= 0.3 is 0 Å². The molecule has 0 unspecified atom stereocenters. The second kappa shape index (κ2) is 12.9. The zero-order valence-corrected chi connectivity index (χ0v) is 23.8. The standard InChI is InChI=1S/C28H20BrFN4O4S2/c29-19-5-10-24(38-17-26(35)32-21-8-6-20(30)7-9-21)18(13-19)14-25-27(36)34(16-22-3-1-11-37-22)28(40-25)33-31-15-23-4-2-12-39-23/h1-15H,16-17H2,(H,32,35)/b25-14-,31-15-,33-28+. The van der Waals surface area contributed by atoms with Gasteiger partial charge in [-0.1, -0.05) is 22.0 Å². The summed E-state index contributed by atoms with van der Waals surface area (Å²) < 4.78 is 25.1. The van der Waals surface area contributed by atoms with Gasteiger partial charge in [-0.2, -0.15) is 5.10 Å². The first kappa shape index (κ1) is 27.6. The molecule has 3 heterocycles. The number of rotatable bonds is 9. The summed E-state index contributed by atoms with van der Waals surface area (Å²) in [5.74, 6) is -0.0827. The number of nitrogens with zero attached hydrogens (tertiary/aromatic N) is 3. The third-order valence-corrected chi connectivity index (χ3v) is 7.70. The fourth-order valence-corrected chi connectivity index (χ4v) is 5.44. The Hall–Kier alpha value is -4.00. The highest BCUT2D eigenvalue weighted by Gasteiger charge is 2.34. The van der Waals surface area contributed by atoms with E-state index in [9.17, 15) is 14.0 Å². The Bertz CT molecular complexity index is 1590. The van der Waals surface area contributed by atoms with Gasteiger partial charge in [-0.25, -0.2) is 4.39 Å². The molecule has 2 amide bonds. The Morgan fingerprint density at radius 1 is 1.15 bits per heavy atom. The number of amidine groups is 1. The normalized spacial score (nSPS) is 15.4. The van der Waals surface area contributed by atoms with Crippen molar-refractivity contribution in [2.45, 2.75) is 6.54 Å². The summed E-state index contributed by atoms with van der Waals surface area (Å²) in [6.07, 6.45) is 4.86. The van der Waals surface area contributed by atoms with Crippen molar-refractivity contribution in [2.75, 3.05) is 11.9 Å². The molecule has 40 heavy (non-hydrogen) atoms. The number of furan rings is 1. The van der Waals surface area contributed by atoms with Crippen molar-refractivity contribution in [2.24, 2.45) is 10.2 Å². The molecule has 2 aromatic heterocycles. The predicted octanol–water partition coefficient (Wildman–Crippen LogP) is 6.77. The number of thioether (sulfide) groups is 1. The Balaban J connectivity index is 1.35. The van der Waals surface area contributed by atoms with Gasteiger partial charge in [0, 0.05) is 20.6 Å². The van der Waals surface area contributed by atoms with Crippen molar-refractivity contribution in [3.63, 3.8) is 0 Å². The fourth-order valence-electron chi connectivity index (χ4n) is 3.56. The minimum absolute atomic E-state index is 0.189. The van der Waals surface area contributed by atoms with Gasteiger partial charge in [-0.3, -0.25) is 14.5 Å².